The van der Waals surface area contributed by atoms with Crippen molar-refractivity contribution < 1.29 is 19.1 Å². The summed E-state index contributed by atoms with van der Waals surface area (Å²) in [5.74, 6) is 5.23. The van der Waals surface area contributed by atoms with E-state index in [0.717, 1.165) is 12.0 Å². The molecule has 0 radical (unpaired) electrons. The van der Waals surface area contributed by atoms with E-state index in [1.807, 2.05) is 19.9 Å². The molecule has 0 fully saturated rings. The van der Waals surface area contributed by atoms with Crippen molar-refractivity contribution in [2.75, 3.05) is 6.61 Å². The molecule has 0 aliphatic rings. The fourth-order valence-corrected chi connectivity index (χ4v) is 1.42. The third-order valence-corrected chi connectivity index (χ3v) is 2.55. The molecule has 0 aromatic carbocycles. The summed E-state index contributed by atoms with van der Waals surface area (Å²) >= 11 is 0. The summed E-state index contributed by atoms with van der Waals surface area (Å²) < 4.78 is 9.93. The molecular formula is C17H24O4. The lowest BCUT2D eigenvalue weighted by atomic mass is 10.1. The van der Waals surface area contributed by atoms with E-state index in [2.05, 4.69) is 11.8 Å². The lowest BCUT2D eigenvalue weighted by Gasteiger charge is -2.09. The molecule has 1 unspecified atom stereocenters. The zero-order chi connectivity index (χ0) is 16.1. The van der Waals surface area contributed by atoms with Crippen LogP contribution in [0.4, 0.5) is 0 Å². The average molecular weight is 292 g/mol. The van der Waals surface area contributed by atoms with Crippen LogP contribution in [0.3, 0.4) is 0 Å². The normalized spacial score (nSPS) is 12.5. The standard InChI is InChI=1S/C17H24O4/c1-5-14(3)12-13-16(21-15(4)18)10-8-7-9-11-17(19)20-6-2/h5,9,11,16H,6-8,10H2,1-4H3/b11-9+,14-5+. The Kier molecular flexibility index (Phi) is 10.6. The van der Waals surface area contributed by atoms with Crippen LogP contribution in [0.5, 0.6) is 0 Å². The van der Waals surface area contributed by atoms with Crippen LogP contribution in [-0.4, -0.2) is 24.6 Å². The lowest BCUT2D eigenvalue weighted by Crippen LogP contribution is -2.14. The topological polar surface area (TPSA) is 52.6 Å². The molecule has 0 rings (SSSR count). The summed E-state index contributed by atoms with van der Waals surface area (Å²) in [4.78, 5) is 22.1. The van der Waals surface area contributed by atoms with Crippen molar-refractivity contribution in [3.63, 3.8) is 0 Å². The third kappa shape index (κ3) is 11.5. The minimum absolute atomic E-state index is 0.336. The Bertz CT molecular complexity index is 449. The first-order valence-electron chi connectivity index (χ1n) is 7.14. The van der Waals surface area contributed by atoms with Crippen molar-refractivity contribution >= 4 is 11.9 Å². The van der Waals surface area contributed by atoms with E-state index in [9.17, 15) is 9.59 Å². The van der Waals surface area contributed by atoms with E-state index < -0.39 is 6.10 Å². The highest BCUT2D eigenvalue weighted by Gasteiger charge is 2.07. The van der Waals surface area contributed by atoms with Crippen molar-refractivity contribution in [1.29, 1.82) is 0 Å². The van der Waals surface area contributed by atoms with Gasteiger partial charge in [0.2, 0.25) is 0 Å². The number of hydrogen-bond acceptors (Lipinski definition) is 4. The summed E-state index contributed by atoms with van der Waals surface area (Å²) in [5.41, 5.74) is 0.939. The van der Waals surface area contributed by atoms with Gasteiger partial charge in [-0.3, -0.25) is 4.79 Å². The van der Waals surface area contributed by atoms with Gasteiger partial charge in [0.05, 0.1) is 6.61 Å². The lowest BCUT2D eigenvalue weighted by molar-refractivity contribution is -0.144. The smallest absolute Gasteiger partial charge is 0.330 e. The van der Waals surface area contributed by atoms with Crippen LogP contribution in [0.25, 0.3) is 0 Å². The molecule has 0 aliphatic carbocycles. The van der Waals surface area contributed by atoms with Crippen LogP contribution in [0, 0.1) is 11.8 Å². The number of carbonyl (C=O) groups is 2. The minimum atomic E-state index is -0.409. The van der Waals surface area contributed by atoms with Gasteiger partial charge < -0.3 is 9.47 Å². The highest BCUT2D eigenvalue weighted by Crippen LogP contribution is 2.06. The second kappa shape index (κ2) is 11.8. The average Bonchev–Trinajstić information content (AvgIpc) is 2.43. The zero-order valence-electron chi connectivity index (χ0n) is 13.3. The molecule has 0 amide bonds. The molecule has 0 saturated heterocycles. The first-order valence-corrected chi connectivity index (χ1v) is 7.14. The van der Waals surface area contributed by atoms with E-state index in [0.29, 0.717) is 19.4 Å². The van der Waals surface area contributed by atoms with Gasteiger partial charge in [0.25, 0.3) is 0 Å². The van der Waals surface area contributed by atoms with Crippen LogP contribution >= 0.6 is 0 Å². The number of carbonyl (C=O) groups excluding carboxylic acids is 2. The fraction of sp³-hybridized carbons (Fsp3) is 0.529. The molecule has 116 valence electrons. The number of allylic oxidation sites excluding steroid dienone is 3. The maximum absolute atomic E-state index is 11.1. The van der Waals surface area contributed by atoms with Crippen molar-refractivity contribution in [2.45, 2.75) is 53.1 Å². The van der Waals surface area contributed by atoms with Crippen LogP contribution in [0.2, 0.25) is 0 Å². The summed E-state index contributed by atoms with van der Waals surface area (Å²) in [6.07, 6.45) is 6.79. The molecular weight excluding hydrogens is 268 g/mol. The number of rotatable bonds is 7. The van der Waals surface area contributed by atoms with Gasteiger partial charge in [-0.15, -0.1) is 0 Å². The summed E-state index contributed by atoms with van der Waals surface area (Å²) in [6.45, 7) is 7.32. The molecule has 0 saturated carbocycles. The van der Waals surface area contributed by atoms with Crippen molar-refractivity contribution in [3.8, 4) is 11.8 Å². The number of unbranched alkanes of at least 4 members (excludes halogenated alkanes) is 1. The van der Waals surface area contributed by atoms with Gasteiger partial charge in [-0.25, -0.2) is 4.79 Å². The molecule has 0 spiro atoms. The Hall–Kier alpha value is -2.02. The van der Waals surface area contributed by atoms with Crippen LogP contribution in [-0.2, 0) is 19.1 Å². The second-order valence-electron chi connectivity index (χ2n) is 4.42. The van der Waals surface area contributed by atoms with E-state index >= 15 is 0 Å². The van der Waals surface area contributed by atoms with Crippen molar-refractivity contribution in [3.05, 3.63) is 23.8 Å². The number of esters is 2. The summed E-state index contributed by atoms with van der Waals surface area (Å²) in [5, 5.41) is 0. The van der Waals surface area contributed by atoms with E-state index in [1.165, 1.54) is 13.0 Å². The molecule has 0 aromatic heterocycles. The molecule has 0 bridgehead atoms. The molecule has 0 aromatic rings. The van der Waals surface area contributed by atoms with Gasteiger partial charge >= 0.3 is 11.9 Å². The van der Waals surface area contributed by atoms with Crippen molar-refractivity contribution in [2.24, 2.45) is 0 Å². The van der Waals surface area contributed by atoms with Gasteiger partial charge in [-0.1, -0.05) is 24.0 Å². The van der Waals surface area contributed by atoms with Gasteiger partial charge in [-0.2, -0.15) is 0 Å². The van der Waals surface area contributed by atoms with Crippen molar-refractivity contribution in [1.82, 2.24) is 0 Å². The summed E-state index contributed by atoms with van der Waals surface area (Å²) in [7, 11) is 0. The van der Waals surface area contributed by atoms with E-state index in [4.69, 9.17) is 9.47 Å². The predicted molar refractivity (Wildman–Crippen MR) is 82.4 cm³/mol. The van der Waals surface area contributed by atoms with Gasteiger partial charge in [0.15, 0.2) is 6.10 Å². The molecule has 4 heteroatoms. The van der Waals surface area contributed by atoms with Gasteiger partial charge in [0.1, 0.15) is 0 Å². The monoisotopic (exact) mass is 292 g/mol. The highest BCUT2D eigenvalue weighted by molar-refractivity contribution is 5.81. The number of hydrogen-bond donors (Lipinski definition) is 0. The molecule has 0 N–H and O–H groups in total. The third-order valence-electron chi connectivity index (χ3n) is 2.55. The first-order chi connectivity index (χ1) is 9.99. The van der Waals surface area contributed by atoms with Crippen LogP contribution in [0.15, 0.2) is 23.8 Å². The molecule has 0 aliphatic heterocycles. The molecule has 1 atom stereocenters. The largest absolute Gasteiger partial charge is 0.463 e. The molecule has 0 heterocycles. The van der Waals surface area contributed by atoms with Crippen LogP contribution in [0.1, 0.15) is 47.0 Å². The Morgan fingerprint density at radius 1 is 1.29 bits per heavy atom. The zero-order valence-corrected chi connectivity index (χ0v) is 13.3. The molecule has 4 nitrogen and oxygen atoms in total. The maximum atomic E-state index is 11.1. The van der Waals surface area contributed by atoms with Crippen LogP contribution < -0.4 is 0 Å². The van der Waals surface area contributed by atoms with Gasteiger partial charge in [-0.05, 0) is 45.6 Å². The maximum Gasteiger partial charge on any atom is 0.330 e. The van der Waals surface area contributed by atoms with E-state index in [-0.39, 0.29) is 11.9 Å². The molecule has 21 heavy (non-hydrogen) atoms. The summed E-state index contributed by atoms with van der Waals surface area (Å²) in [6, 6.07) is 0. The first kappa shape index (κ1) is 19.0. The SMILES string of the molecule is C/C=C(\C)C#CC(CCC/C=C/C(=O)OCC)OC(C)=O. The quantitative estimate of drug-likeness (QED) is 0.313. The highest BCUT2D eigenvalue weighted by atomic mass is 16.5. The predicted octanol–water partition coefficient (Wildman–Crippen LogP) is 3.18. The Morgan fingerprint density at radius 3 is 2.57 bits per heavy atom. The fourth-order valence-electron chi connectivity index (χ4n) is 1.42. The van der Waals surface area contributed by atoms with Gasteiger partial charge in [0, 0.05) is 13.0 Å². The Morgan fingerprint density at radius 2 is 2.00 bits per heavy atom. The Labute approximate surface area is 127 Å². The Balaban J connectivity index is 4.27. The number of ether oxygens (including phenoxy) is 2. The second-order valence-corrected chi connectivity index (χ2v) is 4.42. The minimum Gasteiger partial charge on any atom is -0.463 e. The van der Waals surface area contributed by atoms with E-state index in [1.54, 1.807) is 13.0 Å².